The number of rotatable bonds is 11. The Morgan fingerprint density at radius 2 is 1.77 bits per heavy atom. The number of ether oxygens (including phenoxy) is 2. The number of carboxylic acids is 1. The van der Waals surface area contributed by atoms with E-state index in [0.717, 1.165) is 43.8 Å². The third kappa shape index (κ3) is 6.94. The van der Waals surface area contributed by atoms with Gasteiger partial charge in [0.1, 0.15) is 12.4 Å². The van der Waals surface area contributed by atoms with Crippen molar-refractivity contribution < 1.29 is 19.4 Å². The van der Waals surface area contributed by atoms with Crippen LogP contribution >= 0.6 is 0 Å². The van der Waals surface area contributed by atoms with E-state index >= 15 is 0 Å². The van der Waals surface area contributed by atoms with Gasteiger partial charge in [-0.3, -0.25) is 4.90 Å². The van der Waals surface area contributed by atoms with Crippen molar-refractivity contribution in [2.45, 2.75) is 39.2 Å². The van der Waals surface area contributed by atoms with Gasteiger partial charge < -0.3 is 14.6 Å². The Morgan fingerprint density at radius 1 is 1.06 bits per heavy atom. The summed E-state index contributed by atoms with van der Waals surface area (Å²) in [6.45, 7) is 7.85. The van der Waals surface area contributed by atoms with E-state index in [1.165, 1.54) is 16.7 Å². The van der Waals surface area contributed by atoms with Gasteiger partial charge in [0.2, 0.25) is 0 Å². The second-order valence-corrected chi connectivity index (χ2v) is 7.82. The van der Waals surface area contributed by atoms with Crippen LogP contribution in [-0.2, 0) is 22.4 Å². The van der Waals surface area contributed by atoms with E-state index in [0.29, 0.717) is 19.6 Å². The molecule has 0 aromatic heterocycles. The van der Waals surface area contributed by atoms with Crippen LogP contribution in [0.25, 0.3) is 5.57 Å². The van der Waals surface area contributed by atoms with Gasteiger partial charge in [-0.05, 0) is 54.2 Å². The Labute approximate surface area is 185 Å². The van der Waals surface area contributed by atoms with Gasteiger partial charge in [-0.15, -0.1) is 0 Å². The summed E-state index contributed by atoms with van der Waals surface area (Å²) in [6.07, 6.45) is 4.02. The maximum atomic E-state index is 11.2. The first-order valence-electron chi connectivity index (χ1n) is 11.2. The normalized spacial score (nSPS) is 15.4. The summed E-state index contributed by atoms with van der Waals surface area (Å²) in [5.41, 5.74) is 4.99. The van der Waals surface area contributed by atoms with E-state index in [1.54, 1.807) is 6.92 Å². The highest BCUT2D eigenvalue weighted by molar-refractivity contribution is 5.72. The van der Waals surface area contributed by atoms with Gasteiger partial charge in [-0.2, -0.15) is 0 Å². The molecule has 0 fully saturated rings. The monoisotopic (exact) mass is 423 g/mol. The average molecular weight is 424 g/mol. The Balaban J connectivity index is 1.45. The summed E-state index contributed by atoms with van der Waals surface area (Å²) in [4.78, 5) is 13.7. The Bertz CT molecular complexity index is 858. The largest absolute Gasteiger partial charge is 0.492 e. The Kier molecular flexibility index (Phi) is 8.68. The molecule has 3 rings (SSSR count). The molecule has 0 radical (unpaired) electrons. The fourth-order valence-electron chi connectivity index (χ4n) is 3.81. The minimum atomic E-state index is -0.932. The van der Waals surface area contributed by atoms with Crippen LogP contribution in [0, 0.1) is 0 Å². The molecule has 0 aliphatic carbocycles. The van der Waals surface area contributed by atoms with E-state index in [2.05, 4.69) is 42.2 Å². The molecular formula is C26H33NO4. The standard InChI is InChI=1S/C26H33NO4/c1-3-20-7-11-22(12-8-20)23-6-5-15-27(19-23)16-17-31-24-13-9-21(10-14-24)18-25(26(28)29)30-4-2/h6-14,25H,3-5,15-19H2,1-2H3,(H,28,29). The minimum Gasteiger partial charge on any atom is -0.492 e. The summed E-state index contributed by atoms with van der Waals surface area (Å²) in [6, 6.07) is 16.5. The maximum absolute atomic E-state index is 11.2. The van der Waals surface area contributed by atoms with Gasteiger partial charge in [0.25, 0.3) is 0 Å². The van der Waals surface area contributed by atoms with Crippen LogP contribution in [0.15, 0.2) is 54.6 Å². The predicted octanol–water partition coefficient (Wildman–Crippen LogP) is 4.45. The van der Waals surface area contributed by atoms with Crippen molar-refractivity contribution in [3.63, 3.8) is 0 Å². The number of aliphatic carboxylic acids is 1. The molecule has 0 amide bonds. The second kappa shape index (κ2) is 11.7. The lowest BCUT2D eigenvalue weighted by molar-refractivity contribution is -0.149. The smallest absolute Gasteiger partial charge is 0.333 e. The predicted molar refractivity (Wildman–Crippen MR) is 124 cm³/mol. The lowest BCUT2D eigenvalue weighted by Gasteiger charge is -2.27. The van der Waals surface area contributed by atoms with Crippen LogP contribution in [0.2, 0.25) is 0 Å². The molecule has 1 aliphatic heterocycles. The molecule has 2 aromatic rings. The second-order valence-electron chi connectivity index (χ2n) is 7.82. The highest BCUT2D eigenvalue weighted by Crippen LogP contribution is 2.21. The first kappa shape index (κ1) is 23.0. The fourth-order valence-corrected chi connectivity index (χ4v) is 3.81. The van der Waals surface area contributed by atoms with Gasteiger partial charge in [0.15, 0.2) is 6.10 Å². The van der Waals surface area contributed by atoms with E-state index in [9.17, 15) is 9.90 Å². The van der Waals surface area contributed by atoms with Gasteiger partial charge in [-0.25, -0.2) is 4.79 Å². The molecule has 0 saturated heterocycles. The molecule has 5 heteroatoms. The number of carbonyl (C=O) groups is 1. The summed E-state index contributed by atoms with van der Waals surface area (Å²) >= 11 is 0. The molecular weight excluding hydrogens is 390 g/mol. The SMILES string of the molecule is CCOC(Cc1ccc(OCCN2CCC=C(c3ccc(CC)cc3)C2)cc1)C(=O)O. The molecule has 1 N–H and O–H groups in total. The molecule has 1 heterocycles. The summed E-state index contributed by atoms with van der Waals surface area (Å²) in [5, 5.41) is 9.22. The van der Waals surface area contributed by atoms with E-state index in [1.807, 2.05) is 24.3 Å². The third-order valence-electron chi connectivity index (χ3n) is 5.63. The van der Waals surface area contributed by atoms with Crippen LogP contribution < -0.4 is 4.74 Å². The van der Waals surface area contributed by atoms with Crippen LogP contribution in [0.3, 0.4) is 0 Å². The third-order valence-corrected chi connectivity index (χ3v) is 5.63. The molecule has 1 aliphatic rings. The van der Waals surface area contributed by atoms with Crippen molar-refractivity contribution in [2.24, 2.45) is 0 Å². The van der Waals surface area contributed by atoms with Crippen molar-refractivity contribution in [3.05, 3.63) is 71.3 Å². The lowest BCUT2D eigenvalue weighted by Crippen LogP contribution is -2.33. The molecule has 31 heavy (non-hydrogen) atoms. The van der Waals surface area contributed by atoms with Crippen molar-refractivity contribution in [1.82, 2.24) is 4.90 Å². The number of nitrogens with zero attached hydrogens (tertiary/aromatic N) is 1. The topological polar surface area (TPSA) is 59.0 Å². The lowest BCUT2D eigenvalue weighted by atomic mass is 9.99. The van der Waals surface area contributed by atoms with Crippen molar-refractivity contribution in [2.75, 3.05) is 32.8 Å². The zero-order valence-electron chi connectivity index (χ0n) is 18.5. The number of carboxylic acid groups (broad SMARTS) is 1. The van der Waals surface area contributed by atoms with Crippen LogP contribution in [0.5, 0.6) is 5.75 Å². The molecule has 2 aromatic carbocycles. The first-order valence-corrected chi connectivity index (χ1v) is 11.2. The first-order chi connectivity index (χ1) is 15.1. The van der Waals surface area contributed by atoms with E-state index in [-0.39, 0.29) is 0 Å². The highest BCUT2D eigenvalue weighted by atomic mass is 16.5. The minimum absolute atomic E-state index is 0.353. The van der Waals surface area contributed by atoms with Crippen LogP contribution in [0.1, 0.15) is 37.0 Å². The van der Waals surface area contributed by atoms with Crippen molar-refractivity contribution in [1.29, 1.82) is 0 Å². The maximum Gasteiger partial charge on any atom is 0.333 e. The molecule has 0 saturated carbocycles. The summed E-state index contributed by atoms with van der Waals surface area (Å²) in [7, 11) is 0. The summed E-state index contributed by atoms with van der Waals surface area (Å²) < 4.78 is 11.2. The molecule has 5 nitrogen and oxygen atoms in total. The number of benzene rings is 2. The van der Waals surface area contributed by atoms with Crippen molar-refractivity contribution >= 4 is 11.5 Å². The molecule has 166 valence electrons. The van der Waals surface area contributed by atoms with E-state index < -0.39 is 12.1 Å². The number of hydrogen-bond acceptors (Lipinski definition) is 4. The number of aryl methyl sites for hydroxylation is 1. The molecule has 1 atom stereocenters. The summed E-state index contributed by atoms with van der Waals surface area (Å²) in [5.74, 6) is -0.131. The average Bonchev–Trinajstić information content (AvgIpc) is 2.80. The van der Waals surface area contributed by atoms with Crippen LogP contribution in [0.4, 0.5) is 0 Å². The highest BCUT2D eigenvalue weighted by Gasteiger charge is 2.18. The Hall–Kier alpha value is -2.63. The quantitative estimate of drug-likeness (QED) is 0.579. The molecule has 0 spiro atoms. The zero-order chi connectivity index (χ0) is 22.1. The Morgan fingerprint density at radius 3 is 2.42 bits per heavy atom. The van der Waals surface area contributed by atoms with Gasteiger partial charge >= 0.3 is 5.97 Å². The zero-order valence-corrected chi connectivity index (χ0v) is 18.5. The van der Waals surface area contributed by atoms with Gasteiger partial charge in [0.05, 0.1) is 0 Å². The van der Waals surface area contributed by atoms with Crippen LogP contribution in [-0.4, -0.2) is 54.9 Å². The number of hydrogen-bond donors (Lipinski definition) is 1. The fraction of sp³-hybridized carbons (Fsp3) is 0.423. The van der Waals surface area contributed by atoms with Crippen molar-refractivity contribution in [3.8, 4) is 5.75 Å². The van der Waals surface area contributed by atoms with Gasteiger partial charge in [0, 0.05) is 32.7 Å². The van der Waals surface area contributed by atoms with E-state index in [4.69, 9.17) is 9.47 Å². The van der Waals surface area contributed by atoms with Gasteiger partial charge in [-0.1, -0.05) is 49.4 Å². The molecule has 0 bridgehead atoms. The molecule has 1 unspecified atom stereocenters.